The molecule has 0 aliphatic carbocycles. The molecule has 0 rings (SSSR count). The summed E-state index contributed by atoms with van der Waals surface area (Å²) >= 11 is 0. The lowest BCUT2D eigenvalue weighted by Crippen LogP contribution is -2.16. The predicted octanol–water partition coefficient (Wildman–Crippen LogP) is 4.64. The Kier molecular flexibility index (Phi) is 5.61. The van der Waals surface area contributed by atoms with Crippen molar-refractivity contribution < 1.29 is 0 Å². The maximum Gasteiger partial charge on any atom is -0.0352 e. The Morgan fingerprint density at radius 1 is 1.00 bits per heavy atom. The molecule has 0 aromatic carbocycles. The Morgan fingerprint density at radius 3 is 1.83 bits per heavy atom. The number of rotatable bonds is 6. The van der Waals surface area contributed by atoms with Crippen LogP contribution in [0.3, 0.4) is 0 Å². The maximum atomic E-state index is 2.41. The third-order valence-electron chi connectivity index (χ3n) is 2.92. The summed E-state index contributed by atoms with van der Waals surface area (Å²) in [4.78, 5) is 0. The van der Waals surface area contributed by atoms with Gasteiger partial charge < -0.3 is 0 Å². The maximum absolute atomic E-state index is 2.41. The van der Waals surface area contributed by atoms with Crippen LogP contribution in [0.25, 0.3) is 0 Å². The van der Waals surface area contributed by atoms with Gasteiger partial charge in [0.2, 0.25) is 0 Å². The van der Waals surface area contributed by atoms with E-state index in [1.54, 1.807) is 0 Å². The van der Waals surface area contributed by atoms with Gasteiger partial charge in [-0.15, -0.1) is 0 Å². The highest BCUT2D eigenvalue weighted by atomic mass is 14.3. The van der Waals surface area contributed by atoms with Crippen molar-refractivity contribution in [1.82, 2.24) is 0 Å². The van der Waals surface area contributed by atoms with E-state index in [-0.39, 0.29) is 0 Å². The highest BCUT2D eigenvalue weighted by Gasteiger charge is 2.20. The third-order valence-corrected chi connectivity index (χ3v) is 2.92. The van der Waals surface area contributed by atoms with Gasteiger partial charge in [-0.2, -0.15) is 0 Å². The van der Waals surface area contributed by atoms with Crippen molar-refractivity contribution in [2.24, 2.45) is 11.3 Å². The van der Waals surface area contributed by atoms with Gasteiger partial charge in [0.25, 0.3) is 0 Å². The summed E-state index contributed by atoms with van der Waals surface area (Å²) in [5, 5.41) is 0. The van der Waals surface area contributed by atoms with Gasteiger partial charge in [-0.1, -0.05) is 53.9 Å². The van der Waals surface area contributed by atoms with Crippen LogP contribution in [0.1, 0.15) is 66.7 Å². The topological polar surface area (TPSA) is 0 Å². The summed E-state index contributed by atoms with van der Waals surface area (Å²) in [6.45, 7) is 11.7. The van der Waals surface area contributed by atoms with Gasteiger partial charge in [0.1, 0.15) is 0 Å². The molecule has 0 heterocycles. The number of hydrogen-bond acceptors (Lipinski definition) is 0. The Morgan fingerprint density at radius 2 is 1.50 bits per heavy atom. The molecule has 0 atom stereocenters. The summed E-state index contributed by atoms with van der Waals surface area (Å²) in [5.41, 5.74) is 0.575. The van der Waals surface area contributed by atoms with E-state index in [2.05, 4.69) is 34.6 Å². The molecule has 0 amide bonds. The molecule has 0 saturated heterocycles. The highest BCUT2D eigenvalue weighted by molar-refractivity contribution is 4.71. The van der Waals surface area contributed by atoms with Gasteiger partial charge in [-0.25, -0.2) is 0 Å². The average molecular weight is 170 g/mol. The highest BCUT2D eigenvalue weighted by Crippen LogP contribution is 2.32. The molecule has 0 fully saturated rings. The zero-order valence-electron chi connectivity index (χ0n) is 9.61. The van der Waals surface area contributed by atoms with Crippen molar-refractivity contribution in [2.75, 3.05) is 0 Å². The van der Waals surface area contributed by atoms with Crippen molar-refractivity contribution in [3.63, 3.8) is 0 Å². The summed E-state index contributed by atoms with van der Waals surface area (Å²) < 4.78 is 0. The van der Waals surface area contributed by atoms with Gasteiger partial charge in [-0.05, 0) is 24.2 Å². The van der Waals surface area contributed by atoms with E-state index in [1.807, 2.05) is 0 Å². The van der Waals surface area contributed by atoms with Gasteiger partial charge in [-0.3, -0.25) is 0 Å². The fraction of sp³-hybridized carbons (Fsp3) is 1.00. The van der Waals surface area contributed by atoms with E-state index in [0.717, 1.165) is 5.92 Å². The second-order valence-electron chi connectivity index (χ2n) is 4.80. The second-order valence-corrected chi connectivity index (χ2v) is 4.80. The summed E-state index contributed by atoms with van der Waals surface area (Å²) in [6.07, 6.45) is 6.82. The molecule has 0 heteroatoms. The van der Waals surface area contributed by atoms with Crippen LogP contribution in [0.4, 0.5) is 0 Å². The van der Waals surface area contributed by atoms with E-state index in [0.29, 0.717) is 5.41 Å². The summed E-state index contributed by atoms with van der Waals surface area (Å²) in [7, 11) is 0. The lowest BCUT2D eigenvalue weighted by atomic mass is 9.78. The minimum absolute atomic E-state index is 0.575. The van der Waals surface area contributed by atoms with Crippen LogP contribution in [0.5, 0.6) is 0 Å². The lowest BCUT2D eigenvalue weighted by molar-refractivity contribution is 0.237. The molecule has 0 saturated carbocycles. The largest absolute Gasteiger partial charge is 0.0654 e. The molecule has 0 N–H and O–H groups in total. The molecule has 0 radical (unpaired) electrons. The summed E-state index contributed by atoms with van der Waals surface area (Å²) in [5.74, 6) is 0.951. The zero-order chi connectivity index (χ0) is 9.61. The molecule has 0 spiro atoms. The first-order valence-electron chi connectivity index (χ1n) is 5.55. The molecule has 0 aliphatic heterocycles. The molecule has 74 valence electrons. The molecular formula is C12H26. The minimum atomic E-state index is 0.575. The standard InChI is InChI=1S/C12H26/c1-6-9-12(4,5)10-11(7-2)8-3/h11H,6-10H2,1-5H3. The molecule has 0 nitrogen and oxygen atoms in total. The second kappa shape index (κ2) is 5.61. The van der Waals surface area contributed by atoms with Crippen LogP contribution in [0.15, 0.2) is 0 Å². The fourth-order valence-electron chi connectivity index (χ4n) is 2.14. The first-order valence-corrected chi connectivity index (χ1v) is 5.55. The van der Waals surface area contributed by atoms with Crippen LogP contribution < -0.4 is 0 Å². The molecule has 0 aromatic rings. The first-order chi connectivity index (χ1) is 5.55. The van der Waals surface area contributed by atoms with Crippen LogP contribution in [0.2, 0.25) is 0 Å². The van der Waals surface area contributed by atoms with Crippen LogP contribution in [-0.2, 0) is 0 Å². The quantitative estimate of drug-likeness (QED) is 0.545. The molecule has 0 bridgehead atoms. The molecular weight excluding hydrogens is 144 g/mol. The monoisotopic (exact) mass is 170 g/mol. The Bertz CT molecular complexity index is 98.6. The Hall–Kier alpha value is 0. The van der Waals surface area contributed by atoms with Crippen LogP contribution >= 0.6 is 0 Å². The molecule has 12 heavy (non-hydrogen) atoms. The van der Waals surface area contributed by atoms with Crippen molar-refractivity contribution >= 4 is 0 Å². The lowest BCUT2D eigenvalue weighted by Gasteiger charge is -2.28. The number of hydrogen-bond donors (Lipinski definition) is 0. The SMILES string of the molecule is CCCC(C)(C)CC(CC)CC. The van der Waals surface area contributed by atoms with E-state index in [4.69, 9.17) is 0 Å². The molecule has 0 aromatic heterocycles. The van der Waals surface area contributed by atoms with Crippen molar-refractivity contribution in [2.45, 2.75) is 66.7 Å². The van der Waals surface area contributed by atoms with Crippen molar-refractivity contribution in [1.29, 1.82) is 0 Å². The van der Waals surface area contributed by atoms with E-state index >= 15 is 0 Å². The van der Waals surface area contributed by atoms with E-state index in [9.17, 15) is 0 Å². The third kappa shape index (κ3) is 4.79. The summed E-state index contributed by atoms with van der Waals surface area (Å²) in [6, 6.07) is 0. The predicted molar refractivity (Wildman–Crippen MR) is 57.4 cm³/mol. The smallest absolute Gasteiger partial charge is 0.0352 e. The van der Waals surface area contributed by atoms with Crippen LogP contribution in [0, 0.1) is 11.3 Å². The Balaban J connectivity index is 3.84. The van der Waals surface area contributed by atoms with Crippen LogP contribution in [-0.4, -0.2) is 0 Å². The van der Waals surface area contributed by atoms with Gasteiger partial charge in [0.15, 0.2) is 0 Å². The normalized spacial score (nSPS) is 12.5. The molecule has 0 unspecified atom stereocenters. The zero-order valence-corrected chi connectivity index (χ0v) is 9.61. The Labute approximate surface area is 78.8 Å². The fourth-order valence-corrected chi connectivity index (χ4v) is 2.14. The van der Waals surface area contributed by atoms with Gasteiger partial charge >= 0.3 is 0 Å². The van der Waals surface area contributed by atoms with Gasteiger partial charge in [0, 0.05) is 0 Å². The molecule has 0 aliphatic rings. The van der Waals surface area contributed by atoms with Gasteiger partial charge in [0.05, 0.1) is 0 Å². The average Bonchev–Trinajstić information content (AvgIpc) is 2.00. The van der Waals surface area contributed by atoms with Crippen molar-refractivity contribution in [3.8, 4) is 0 Å². The first kappa shape index (κ1) is 12.0. The minimum Gasteiger partial charge on any atom is -0.0654 e. The van der Waals surface area contributed by atoms with E-state index < -0.39 is 0 Å². The van der Waals surface area contributed by atoms with Crippen molar-refractivity contribution in [3.05, 3.63) is 0 Å². The van der Waals surface area contributed by atoms with E-state index in [1.165, 1.54) is 32.1 Å².